The minimum absolute atomic E-state index is 0.0416. The standard InChI is InChI=1S/C23H20ClFN4O/c1-14(30)27-21-11-17(15-4-7-18(8-5-15)28(2)3)13-29-22(12-26-23(21)29)16-6-9-20(25)19(24)10-16/h4-13H,1-3H3,(H,27,30). The van der Waals surface area contributed by atoms with Gasteiger partial charge in [0.1, 0.15) is 5.82 Å². The zero-order chi connectivity index (χ0) is 21.4. The van der Waals surface area contributed by atoms with E-state index in [1.807, 2.05) is 59.9 Å². The molecule has 2 heterocycles. The summed E-state index contributed by atoms with van der Waals surface area (Å²) in [4.78, 5) is 18.3. The molecule has 2 aromatic carbocycles. The maximum absolute atomic E-state index is 13.6. The highest BCUT2D eigenvalue weighted by molar-refractivity contribution is 6.31. The van der Waals surface area contributed by atoms with Gasteiger partial charge in [-0.15, -0.1) is 0 Å². The van der Waals surface area contributed by atoms with Gasteiger partial charge in [-0.2, -0.15) is 0 Å². The maximum atomic E-state index is 13.6. The maximum Gasteiger partial charge on any atom is 0.221 e. The Morgan fingerprint density at radius 1 is 1.07 bits per heavy atom. The second kappa shape index (κ2) is 7.80. The lowest BCUT2D eigenvalue weighted by molar-refractivity contribution is -0.114. The number of benzene rings is 2. The summed E-state index contributed by atoms with van der Waals surface area (Å²) in [6, 6.07) is 14.6. The Morgan fingerprint density at radius 3 is 2.40 bits per heavy atom. The second-order valence-corrected chi connectivity index (χ2v) is 7.64. The molecular formula is C23H20ClFN4O. The normalized spacial score (nSPS) is 11.0. The molecule has 0 radical (unpaired) electrons. The first-order chi connectivity index (χ1) is 14.3. The highest BCUT2D eigenvalue weighted by atomic mass is 35.5. The Labute approximate surface area is 178 Å². The first-order valence-electron chi connectivity index (χ1n) is 9.35. The number of rotatable bonds is 4. The molecule has 1 N–H and O–H groups in total. The summed E-state index contributed by atoms with van der Waals surface area (Å²) in [5, 5.41) is 2.90. The van der Waals surface area contributed by atoms with E-state index in [-0.39, 0.29) is 10.9 Å². The third kappa shape index (κ3) is 3.74. The predicted molar refractivity (Wildman–Crippen MR) is 120 cm³/mol. The molecule has 4 aromatic rings. The van der Waals surface area contributed by atoms with Crippen molar-refractivity contribution in [2.24, 2.45) is 0 Å². The van der Waals surface area contributed by atoms with Gasteiger partial charge in [0, 0.05) is 44.0 Å². The zero-order valence-electron chi connectivity index (χ0n) is 16.8. The highest BCUT2D eigenvalue weighted by Gasteiger charge is 2.14. The highest BCUT2D eigenvalue weighted by Crippen LogP contribution is 2.32. The van der Waals surface area contributed by atoms with Gasteiger partial charge in [-0.05, 0) is 42.0 Å². The Morgan fingerprint density at radius 2 is 1.77 bits per heavy atom. The van der Waals surface area contributed by atoms with Crippen LogP contribution in [0.15, 0.2) is 60.9 Å². The van der Waals surface area contributed by atoms with Gasteiger partial charge >= 0.3 is 0 Å². The Bertz CT molecular complexity index is 1250. The van der Waals surface area contributed by atoms with E-state index in [1.165, 1.54) is 13.0 Å². The van der Waals surface area contributed by atoms with Crippen LogP contribution in [0.25, 0.3) is 28.0 Å². The second-order valence-electron chi connectivity index (χ2n) is 7.23. The summed E-state index contributed by atoms with van der Waals surface area (Å²) < 4.78 is 15.5. The van der Waals surface area contributed by atoms with Crippen molar-refractivity contribution < 1.29 is 9.18 Å². The fourth-order valence-corrected chi connectivity index (χ4v) is 3.53. The van der Waals surface area contributed by atoms with Crippen molar-refractivity contribution in [3.63, 3.8) is 0 Å². The van der Waals surface area contributed by atoms with Crippen LogP contribution in [0.1, 0.15) is 6.92 Å². The van der Waals surface area contributed by atoms with Crippen molar-refractivity contribution >= 4 is 34.5 Å². The largest absolute Gasteiger partial charge is 0.378 e. The summed E-state index contributed by atoms with van der Waals surface area (Å²) in [6.07, 6.45) is 3.63. The number of fused-ring (bicyclic) bond motifs is 1. The van der Waals surface area contributed by atoms with Gasteiger partial charge in [0.25, 0.3) is 0 Å². The van der Waals surface area contributed by atoms with Crippen LogP contribution in [0, 0.1) is 5.82 Å². The Balaban J connectivity index is 1.90. The van der Waals surface area contributed by atoms with Gasteiger partial charge in [-0.25, -0.2) is 9.37 Å². The SMILES string of the molecule is CC(=O)Nc1cc(-c2ccc(N(C)C)cc2)cn2c(-c3ccc(F)c(Cl)c3)cnc12. The van der Waals surface area contributed by atoms with Crippen molar-refractivity contribution in [3.8, 4) is 22.4 Å². The van der Waals surface area contributed by atoms with Gasteiger partial charge in [0.2, 0.25) is 5.91 Å². The van der Waals surface area contributed by atoms with Crippen molar-refractivity contribution in [3.05, 3.63) is 71.8 Å². The topological polar surface area (TPSA) is 49.6 Å². The first-order valence-corrected chi connectivity index (χ1v) is 9.73. The molecule has 0 unspecified atom stereocenters. The molecular weight excluding hydrogens is 403 g/mol. The van der Waals surface area contributed by atoms with E-state index in [2.05, 4.69) is 10.3 Å². The van der Waals surface area contributed by atoms with Crippen LogP contribution in [0.3, 0.4) is 0 Å². The minimum atomic E-state index is -0.477. The molecule has 7 heteroatoms. The number of hydrogen-bond donors (Lipinski definition) is 1. The first kappa shape index (κ1) is 19.9. The third-order valence-electron chi connectivity index (χ3n) is 4.85. The lowest BCUT2D eigenvalue weighted by atomic mass is 10.1. The van der Waals surface area contributed by atoms with Gasteiger partial charge in [-0.3, -0.25) is 9.20 Å². The molecule has 2 aromatic heterocycles. The van der Waals surface area contributed by atoms with Gasteiger partial charge < -0.3 is 10.2 Å². The molecule has 4 rings (SSSR count). The predicted octanol–water partition coefficient (Wildman–Crippen LogP) is 5.49. The summed E-state index contributed by atoms with van der Waals surface area (Å²) in [5.74, 6) is -0.666. The molecule has 0 spiro atoms. The number of carbonyl (C=O) groups is 1. The zero-order valence-corrected chi connectivity index (χ0v) is 17.5. The molecule has 30 heavy (non-hydrogen) atoms. The summed E-state index contributed by atoms with van der Waals surface area (Å²) >= 11 is 5.98. The van der Waals surface area contributed by atoms with Crippen LogP contribution in [-0.4, -0.2) is 29.4 Å². The molecule has 0 fully saturated rings. The van der Waals surface area contributed by atoms with Crippen LogP contribution < -0.4 is 10.2 Å². The lowest BCUT2D eigenvalue weighted by Crippen LogP contribution is -2.08. The fourth-order valence-electron chi connectivity index (χ4n) is 3.35. The van der Waals surface area contributed by atoms with E-state index in [0.29, 0.717) is 11.3 Å². The van der Waals surface area contributed by atoms with Crippen LogP contribution in [0.2, 0.25) is 5.02 Å². The molecule has 0 saturated carbocycles. The van der Waals surface area contributed by atoms with Crippen molar-refractivity contribution in [1.82, 2.24) is 9.38 Å². The number of nitrogens with zero attached hydrogens (tertiary/aromatic N) is 3. The number of carbonyl (C=O) groups excluding carboxylic acids is 1. The van der Waals surface area contributed by atoms with Crippen molar-refractivity contribution in [2.75, 3.05) is 24.3 Å². The van der Waals surface area contributed by atoms with E-state index < -0.39 is 5.82 Å². The van der Waals surface area contributed by atoms with E-state index in [0.717, 1.165) is 28.1 Å². The Kier molecular flexibility index (Phi) is 5.18. The van der Waals surface area contributed by atoms with E-state index in [1.54, 1.807) is 18.3 Å². The quantitative estimate of drug-likeness (QED) is 0.473. The monoisotopic (exact) mass is 422 g/mol. The molecule has 0 bridgehead atoms. The molecule has 1 amide bonds. The summed E-state index contributed by atoms with van der Waals surface area (Å²) in [5.41, 5.74) is 5.64. The third-order valence-corrected chi connectivity index (χ3v) is 5.14. The van der Waals surface area contributed by atoms with Gasteiger partial charge in [0.05, 0.1) is 22.6 Å². The average Bonchev–Trinajstić information content (AvgIpc) is 3.14. The number of imidazole rings is 1. The lowest BCUT2D eigenvalue weighted by Gasteiger charge is -2.14. The van der Waals surface area contributed by atoms with Crippen LogP contribution in [0.5, 0.6) is 0 Å². The van der Waals surface area contributed by atoms with Gasteiger partial charge in [-0.1, -0.05) is 23.7 Å². The molecule has 152 valence electrons. The van der Waals surface area contributed by atoms with E-state index in [4.69, 9.17) is 11.6 Å². The average molecular weight is 423 g/mol. The molecule has 0 aliphatic heterocycles. The molecule has 0 aliphatic carbocycles. The Hall–Kier alpha value is -3.38. The molecule has 0 saturated heterocycles. The molecule has 5 nitrogen and oxygen atoms in total. The summed E-state index contributed by atoms with van der Waals surface area (Å²) in [6.45, 7) is 1.46. The molecule has 0 atom stereocenters. The smallest absolute Gasteiger partial charge is 0.221 e. The number of halogens is 2. The van der Waals surface area contributed by atoms with Gasteiger partial charge in [0.15, 0.2) is 5.65 Å². The number of hydrogen-bond acceptors (Lipinski definition) is 3. The number of amides is 1. The van der Waals surface area contributed by atoms with Crippen LogP contribution >= 0.6 is 11.6 Å². The fraction of sp³-hybridized carbons (Fsp3) is 0.130. The minimum Gasteiger partial charge on any atom is -0.378 e. The molecule has 0 aliphatic rings. The van der Waals surface area contributed by atoms with Crippen molar-refractivity contribution in [1.29, 1.82) is 0 Å². The van der Waals surface area contributed by atoms with Crippen LogP contribution in [-0.2, 0) is 4.79 Å². The number of aromatic nitrogens is 2. The number of pyridine rings is 1. The van der Waals surface area contributed by atoms with Crippen LogP contribution in [0.4, 0.5) is 15.8 Å². The summed E-state index contributed by atoms with van der Waals surface area (Å²) in [7, 11) is 3.98. The van der Waals surface area contributed by atoms with E-state index >= 15 is 0 Å². The van der Waals surface area contributed by atoms with E-state index in [9.17, 15) is 9.18 Å². The number of anilines is 2. The number of nitrogens with one attached hydrogen (secondary N) is 1. The van der Waals surface area contributed by atoms with Crippen molar-refractivity contribution in [2.45, 2.75) is 6.92 Å².